The zero-order valence-electron chi connectivity index (χ0n) is 19.0. The molecule has 0 bridgehead atoms. The zero-order chi connectivity index (χ0) is 23.7. The molecule has 3 aromatic heterocycles. The number of carbonyl (C=O) groups excluding carboxylic acids is 1. The van der Waals surface area contributed by atoms with Crippen molar-refractivity contribution in [3.63, 3.8) is 0 Å². The smallest absolute Gasteiger partial charge is 0.166 e. The summed E-state index contributed by atoms with van der Waals surface area (Å²) in [4.78, 5) is 24.3. The molecule has 5 rings (SSSR count). The highest BCUT2D eigenvalue weighted by molar-refractivity contribution is 7.22. The van der Waals surface area contributed by atoms with E-state index in [2.05, 4.69) is 14.9 Å². The van der Waals surface area contributed by atoms with Gasteiger partial charge in [-0.1, -0.05) is 6.07 Å². The molecule has 1 aromatic carbocycles. The third kappa shape index (κ3) is 4.78. The van der Waals surface area contributed by atoms with Crippen LogP contribution in [0.1, 0.15) is 12.0 Å². The highest BCUT2D eigenvalue weighted by atomic mass is 32.1. The lowest BCUT2D eigenvalue weighted by Gasteiger charge is -2.35. The standard InChI is InChI=1S/C26H24FN3O3S/c1-30-14-17(15-30)10-18(31)9-16-3-6-23(20(27)11-16)33-24-7-8-28-22-12-25(34-26(22)24)21-5-4-19(32-2)13-29-21/h3-8,11-13,17H,9-10,14-15H2,1-2H3. The number of aromatic nitrogens is 2. The third-order valence-corrected chi connectivity index (χ3v) is 7.04. The largest absolute Gasteiger partial charge is 0.495 e. The van der Waals surface area contributed by atoms with Crippen LogP contribution >= 0.6 is 11.3 Å². The Kier molecular flexibility index (Phi) is 6.26. The fraction of sp³-hybridized carbons (Fsp3) is 0.269. The average Bonchev–Trinajstić information content (AvgIpc) is 3.25. The van der Waals surface area contributed by atoms with Crippen LogP contribution in [-0.4, -0.2) is 47.9 Å². The highest BCUT2D eigenvalue weighted by Gasteiger charge is 2.25. The molecule has 0 radical (unpaired) electrons. The SMILES string of the molecule is COc1ccc(-c2cc3nccc(Oc4ccc(CC(=O)CC5CN(C)C5)cc4F)c3s2)nc1. The van der Waals surface area contributed by atoms with Crippen LogP contribution in [0.25, 0.3) is 20.8 Å². The minimum atomic E-state index is -0.493. The number of nitrogens with zero attached hydrogens (tertiary/aromatic N) is 3. The van der Waals surface area contributed by atoms with Crippen LogP contribution in [0, 0.1) is 11.7 Å². The van der Waals surface area contributed by atoms with Gasteiger partial charge < -0.3 is 14.4 Å². The summed E-state index contributed by atoms with van der Waals surface area (Å²) < 4.78 is 26.8. The molecule has 4 aromatic rings. The summed E-state index contributed by atoms with van der Waals surface area (Å²) in [5.74, 6) is 1.38. The number of methoxy groups -OCH3 is 1. The summed E-state index contributed by atoms with van der Waals surface area (Å²) in [7, 11) is 3.64. The fourth-order valence-corrected chi connectivity index (χ4v) is 5.24. The van der Waals surface area contributed by atoms with Crippen LogP contribution in [0.3, 0.4) is 0 Å². The molecule has 0 saturated carbocycles. The van der Waals surface area contributed by atoms with Crippen molar-refractivity contribution in [3.8, 4) is 27.8 Å². The molecule has 0 amide bonds. The summed E-state index contributed by atoms with van der Waals surface area (Å²) in [5.41, 5.74) is 2.20. The minimum absolute atomic E-state index is 0.113. The summed E-state index contributed by atoms with van der Waals surface area (Å²) in [6.45, 7) is 1.90. The summed E-state index contributed by atoms with van der Waals surface area (Å²) >= 11 is 1.48. The lowest BCUT2D eigenvalue weighted by Crippen LogP contribution is -2.44. The number of carbonyl (C=O) groups is 1. The third-order valence-electron chi connectivity index (χ3n) is 5.87. The first-order valence-corrected chi connectivity index (χ1v) is 11.9. The molecule has 1 aliphatic heterocycles. The molecule has 0 unspecified atom stereocenters. The van der Waals surface area contributed by atoms with E-state index in [1.807, 2.05) is 25.2 Å². The highest BCUT2D eigenvalue weighted by Crippen LogP contribution is 2.39. The molecule has 8 heteroatoms. The van der Waals surface area contributed by atoms with Gasteiger partial charge in [0.15, 0.2) is 11.6 Å². The predicted octanol–water partition coefficient (Wildman–Crippen LogP) is 5.36. The first-order chi connectivity index (χ1) is 16.5. The van der Waals surface area contributed by atoms with Gasteiger partial charge in [0, 0.05) is 38.2 Å². The van der Waals surface area contributed by atoms with Crippen molar-refractivity contribution in [2.75, 3.05) is 27.2 Å². The van der Waals surface area contributed by atoms with Crippen LogP contribution in [0.4, 0.5) is 4.39 Å². The minimum Gasteiger partial charge on any atom is -0.495 e. The number of Topliss-reactive ketones (excluding diaryl/α,β-unsaturated/α-hetero) is 1. The van der Waals surface area contributed by atoms with Crippen molar-refractivity contribution >= 4 is 27.3 Å². The van der Waals surface area contributed by atoms with Gasteiger partial charge in [-0.2, -0.15) is 0 Å². The zero-order valence-corrected chi connectivity index (χ0v) is 19.8. The first-order valence-electron chi connectivity index (χ1n) is 11.0. The lowest BCUT2D eigenvalue weighted by atomic mass is 9.92. The first kappa shape index (κ1) is 22.4. The van der Waals surface area contributed by atoms with E-state index in [0.29, 0.717) is 29.4 Å². The number of likely N-dealkylation sites (tertiary alicyclic amines) is 1. The van der Waals surface area contributed by atoms with Crippen molar-refractivity contribution < 1.29 is 18.7 Å². The van der Waals surface area contributed by atoms with E-state index in [-0.39, 0.29) is 18.0 Å². The van der Waals surface area contributed by atoms with Gasteiger partial charge >= 0.3 is 0 Å². The number of hydrogen-bond donors (Lipinski definition) is 0. The molecule has 0 aliphatic carbocycles. The maximum Gasteiger partial charge on any atom is 0.166 e. The molecule has 1 saturated heterocycles. The van der Waals surface area contributed by atoms with Gasteiger partial charge in [-0.25, -0.2) is 4.39 Å². The molecule has 1 fully saturated rings. The van der Waals surface area contributed by atoms with Gasteiger partial charge in [-0.05, 0) is 48.9 Å². The van der Waals surface area contributed by atoms with Crippen molar-refractivity contribution in [2.45, 2.75) is 12.8 Å². The molecular weight excluding hydrogens is 453 g/mol. The number of benzene rings is 1. The fourth-order valence-electron chi connectivity index (χ4n) is 4.20. The Bertz CT molecular complexity index is 1330. The van der Waals surface area contributed by atoms with Crippen molar-refractivity contribution in [1.82, 2.24) is 14.9 Å². The van der Waals surface area contributed by atoms with E-state index in [1.54, 1.807) is 37.7 Å². The van der Waals surface area contributed by atoms with Crippen LogP contribution in [0.5, 0.6) is 17.2 Å². The van der Waals surface area contributed by atoms with E-state index < -0.39 is 5.82 Å². The summed E-state index contributed by atoms with van der Waals surface area (Å²) in [6.07, 6.45) is 4.08. The van der Waals surface area contributed by atoms with Crippen LogP contribution < -0.4 is 9.47 Å². The Morgan fingerprint density at radius 3 is 2.71 bits per heavy atom. The Labute approximate surface area is 201 Å². The van der Waals surface area contributed by atoms with E-state index in [1.165, 1.54) is 17.4 Å². The molecule has 174 valence electrons. The number of ether oxygens (including phenoxy) is 2. The summed E-state index contributed by atoms with van der Waals surface area (Å²) in [5, 5.41) is 0. The van der Waals surface area contributed by atoms with Gasteiger partial charge in [0.25, 0.3) is 0 Å². The number of ketones is 1. The molecule has 0 spiro atoms. The van der Waals surface area contributed by atoms with Gasteiger partial charge in [0.1, 0.15) is 17.3 Å². The van der Waals surface area contributed by atoms with Crippen LogP contribution in [0.15, 0.2) is 54.9 Å². The molecule has 6 nitrogen and oxygen atoms in total. The number of fused-ring (bicyclic) bond motifs is 1. The number of rotatable bonds is 8. The molecular formula is C26H24FN3O3S. The number of thiophene rings is 1. The maximum absolute atomic E-state index is 14.8. The topological polar surface area (TPSA) is 64.6 Å². The van der Waals surface area contributed by atoms with Crippen LogP contribution in [-0.2, 0) is 11.2 Å². The second-order valence-electron chi connectivity index (χ2n) is 8.59. The number of hydrogen-bond acceptors (Lipinski definition) is 7. The van der Waals surface area contributed by atoms with Gasteiger partial charge in [-0.15, -0.1) is 11.3 Å². The van der Waals surface area contributed by atoms with Crippen molar-refractivity contribution in [1.29, 1.82) is 0 Å². The maximum atomic E-state index is 14.8. The van der Waals surface area contributed by atoms with Gasteiger partial charge in [0.2, 0.25) is 0 Å². The molecule has 34 heavy (non-hydrogen) atoms. The number of halogens is 1. The molecule has 1 aliphatic rings. The summed E-state index contributed by atoms with van der Waals surface area (Å²) in [6, 6.07) is 12.1. The van der Waals surface area contributed by atoms with E-state index in [9.17, 15) is 9.18 Å². The predicted molar refractivity (Wildman–Crippen MR) is 130 cm³/mol. The second-order valence-corrected chi connectivity index (χ2v) is 9.64. The quantitative estimate of drug-likeness (QED) is 0.340. The normalized spacial score (nSPS) is 14.2. The van der Waals surface area contributed by atoms with E-state index in [0.717, 1.165) is 33.9 Å². The molecule has 0 atom stereocenters. The van der Waals surface area contributed by atoms with E-state index in [4.69, 9.17) is 9.47 Å². The lowest BCUT2D eigenvalue weighted by molar-refractivity contribution is -0.120. The average molecular weight is 478 g/mol. The van der Waals surface area contributed by atoms with Crippen molar-refractivity contribution in [3.05, 3.63) is 66.2 Å². The Morgan fingerprint density at radius 2 is 2.00 bits per heavy atom. The molecule has 0 N–H and O–H groups in total. The second kappa shape index (κ2) is 9.48. The van der Waals surface area contributed by atoms with Gasteiger partial charge in [-0.3, -0.25) is 14.8 Å². The number of pyridine rings is 2. The van der Waals surface area contributed by atoms with Crippen LogP contribution in [0.2, 0.25) is 0 Å². The Morgan fingerprint density at radius 1 is 1.15 bits per heavy atom. The van der Waals surface area contributed by atoms with Crippen molar-refractivity contribution in [2.24, 2.45) is 5.92 Å². The van der Waals surface area contributed by atoms with E-state index >= 15 is 0 Å². The Hall–Kier alpha value is -3.36. The molecule has 4 heterocycles. The monoisotopic (exact) mass is 477 g/mol. The van der Waals surface area contributed by atoms with Gasteiger partial charge in [0.05, 0.1) is 34.1 Å². The Balaban J connectivity index is 1.32.